The van der Waals surface area contributed by atoms with Gasteiger partial charge in [-0.15, -0.1) is 0 Å². The Morgan fingerprint density at radius 2 is 1.76 bits per heavy atom. The van der Waals surface area contributed by atoms with Crippen LogP contribution in [-0.2, 0) is 11.0 Å². The van der Waals surface area contributed by atoms with Gasteiger partial charge in [-0.05, 0) is 50.1 Å². The number of amides is 3. The first kappa shape index (κ1) is 29.7. The van der Waals surface area contributed by atoms with E-state index in [0.29, 0.717) is 17.1 Å². The molecular weight excluding hydrogens is 546 g/mol. The van der Waals surface area contributed by atoms with E-state index in [4.69, 9.17) is 0 Å². The Bertz CT molecular complexity index is 1570. The maximum Gasteiger partial charge on any atom is 0.416 e. The number of carbonyl (C=O) groups is 3. The van der Waals surface area contributed by atoms with Crippen molar-refractivity contribution in [2.75, 3.05) is 19.6 Å². The van der Waals surface area contributed by atoms with Crippen LogP contribution in [0.3, 0.4) is 0 Å². The van der Waals surface area contributed by atoms with Crippen LogP contribution in [0.5, 0.6) is 0 Å². The molecule has 0 bridgehead atoms. The highest BCUT2D eigenvalue weighted by molar-refractivity contribution is 5.98. The van der Waals surface area contributed by atoms with Gasteiger partial charge in [-0.3, -0.25) is 19.2 Å². The highest BCUT2D eigenvalue weighted by Gasteiger charge is 2.42. The van der Waals surface area contributed by atoms with Gasteiger partial charge >= 0.3 is 6.18 Å². The lowest BCUT2D eigenvalue weighted by molar-refractivity contribution is -0.138. The smallest absolute Gasteiger partial charge is 0.338 e. The Labute approximate surface area is 232 Å². The first-order valence-corrected chi connectivity index (χ1v) is 12.9. The number of aromatic nitrogens is 2. The number of carbonyl (C=O) groups excluding carboxylic acids is 3. The molecule has 2 N–H and O–H groups in total. The molecule has 41 heavy (non-hydrogen) atoms. The van der Waals surface area contributed by atoms with Crippen LogP contribution in [0.1, 0.15) is 54.1 Å². The number of H-pyrrole nitrogens is 1. The third kappa shape index (κ3) is 6.08. The Kier molecular flexibility index (Phi) is 7.92. The average Bonchev–Trinajstić information content (AvgIpc) is 2.89. The molecule has 2 heterocycles. The molecule has 1 saturated heterocycles. The number of hydrogen-bond acceptors (Lipinski definition) is 5. The van der Waals surface area contributed by atoms with Crippen LogP contribution in [0.2, 0.25) is 0 Å². The lowest BCUT2D eigenvalue weighted by Crippen LogP contribution is -2.64. The number of benzene rings is 2. The summed E-state index contributed by atoms with van der Waals surface area (Å²) >= 11 is 0. The maximum absolute atomic E-state index is 14.5. The first-order chi connectivity index (χ1) is 19.1. The van der Waals surface area contributed by atoms with Crippen LogP contribution in [-0.4, -0.2) is 68.7 Å². The molecule has 0 saturated carbocycles. The molecule has 1 fully saturated rings. The molecule has 218 valence electrons. The van der Waals surface area contributed by atoms with Crippen LogP contribution in [0.25, 0.3) is 11.0 Å². The fourth-order valence-electron chi connectivity index (χ4n) is 4.83. The molecule has 9 nitrogen and oxygen atoms in total. The van der Waals surface area contributed by atoms with Crippen molar-refractivity contribution in [1.82, 2.24) is 25.1 Å². The van der Waals surface area contributed by atoms with E-state index in [0.717, 1.165) is 6.07 Å². The van der Waals surface area contributed by atoms with E-state index in [1.54, 1.807) is 52.0 Å². The predicted molar refractivity (Wildman–Crippen MR) is 142 cm³/mol. The van der Waals surface area contributed by atoms with Gasteiger partial charge in [0.1, 0.15) is 11.9 Å². The van der Waals surface area contributed by atoms with Gasteiger partial charge < -0.3 is 20.1 Å². The monoisotopic (exact) mass is 575 g/mol. The minimum atomic E-state index is -4.76. The van der Waals surface area contributed by atoms with Crippen LogP contribution in [0, 0.1) is 11.7 Å². The summed E-state index contributed by atoms with van der Waals surface area (Å²) in [5.41, 5.74) is -2.98. The number of rotatable bonds is 5. The summed E-state index contributed by atoms with van der Waals surface area (Å²) < 4.78 is 53.3. The molecule has 0 spiro atoms. The molecule has 4 rings (SSSR count). The van der Waals surface area contributed by atoms with E-state index in [2.05, 4.69) is 15.3 Å². The molecule has 0 radical (unpaired) electrons. The number of nitrogens with zero attached hydrogens (tertiary/aromatic N) is 3. The van der Waals surface area contributed by atoms with Crippen LogP contribution in [0.15, 0.2) is 47.3 Å². The Balaban J connectivity index is 1.50. The number of para-hydroxylation sites is 2. The molecule has 1 atom stereocenters. The van der Waals surface area contributed by atoms with Crippen molar-refractivity contribution < 1.29 is 31.9 Å². The van der Waals surface area contributed by atoms with E-state index >= 15 is 0 Å². The molecule has 1 aliphatic rings. The second-order valence-electron chi connectivity index (χ2n) is 10.8. The van der Waals surface area contributed by atoms with Gasteiger partial charge in [-0.1, -0.05) is 26.0 Å². The molecule has 2 aromatic carbocycles. The summed E-state index contributed by atoms with van der Waals surface area (Å²) in [6, 6.07) is 7.40. The molecule has 3 amide bonds. The number of piperazine rings is 1. The molecule has 13 heteroatoms. The zero-order chi connectivity index (χ0) is 30.3. The fourth-order valence-corrected chi connectivity index (χ4v) is 4.83. The number of nitrogens with one attached hydrogen (secondary N) is 2. The highest BCUT2D eigenvalue weighted by Crippen LogP contribution is 2.31. The van der Waals surface area contributed by atoms with E-state index in [1.807, 2.05) is 0 Å². The van der Waals surface area contributed by atoms with Crippen LogP contribution >= 0.6 is 0 Å². The third-order valence-corrected chi connectivity index (χ3v) is 7.02. The zero-order valence-corrected chi connectivity index (χ0v) is 22.8. The van der Waals surface area contributed by atoms with E-state index in [-0.39, 0.29) is 31.6 Å². The van der Waals surface area contributed by atoms with Gasteiger partial charge in [0.25, 0.3) is 17.4 Å². The summed E-state index contributed by atoms with van der Waals surface area (Å²) in [4.78, 5) is 61.7. The Morgan fingerprint density at radius 3 is 2.37 bits per heavy atom. The summed E-state index contributed by atoms with van der Waals surface area (Å²) in [5.74, 6) is -3.75. The standard InChI is InChI=1S/C28H29F4N5O4/c1-15(2)21(35-24(39)22-23(38)34-20-8-6-5-7-19(20)33-22)26(41)36-11-12-37(27(3,4)14-36)25(40)17-10-9-16(13-18(17)29)28(30,31)32/h5-10,13,15,21H,11-12,14H2,1-4H3,(H,34,38)(H,35,39)/t21-/m0/s1. The van der Waals surface area contributed by atoms with Crippen LogP contribution in [0.4, 0.5) is 17.6 Å². The van der Waals surface area contributed by atoms with E-state index in [9.17, 15) is 36.7 Å². The van der Waals surface area contributed by atoms with Gasteiger partial charge in [-0.2, -0.15) is 13.2 Å². The highest BCUT2D eigenvalue weighted by atomic mass is 19.4. The van der Waals surface area contributed by atoms with Crippen molar-refractivity contribution in [3.05, 3.63) is 75.5 Å². The van der Waals surface area contributed by atoms with Gasteiger partial charge in [0.15, 0.2) is 5.69 Å². The quantitative estimate of drug-likeness (QED) is 0.452. The second kappa shape index (κ2) is 10.9. The predicted octanol–water partition coefficient (Wildman–Crippen LogP) is 3.60. The average molecular weight is 576 g/mol. The van der Waals surface area contributed by atoms with Crippen molar-refractivity contribution in [3.8, 4) is 0 Å². The molecular formula is C28H29F4N5O4. The van der Waals surface area contributed by atoms with Crippen molar-refractivity contribution in [3.63, 3.8) is 0 Å². The van der Waals surface area contributed by atoms with Gasteiger partial charge in [0.2, 0.25) is 5.91 Å². The molecule has 0 aliphatic carbocycles. The minimum absolute atomic E-state index is 0.00766. The van der Waals surface area contributed by atoms with E-state index < -0.39 is 63.7 Å². The fraction of sp³-hybridized carbons (Fsp3) is 0.393. The van der Waals surface area contributed by atoms with Crippen molar-refractivity contribution in [2.45, 2.75) is 45.5 Å². The summed E-state index contributed by atoms with van der Waals surface area (Å²) in [7, 11) is 0. The van der Waals surface area contributed by atoms with Crippen molar-refractivity contribution >= 4 is 28.8 Å². The number of halogens is 4. The number of fused-ring (bicyclic) bond motifs is 1. The molecule has 3 aromatic rings. The number of aromatic amines is 1. The molecule has 1 aliphatic heterocycles. The van der Waals surface area contributed by atoms with Gasteiger partial charge in [0.05, 0.1) is 27.7 Å². The number of alkyl halides is 3. The Hall–Kier alpha value is -4.29. The van der Waals surface area contributed by atoms with Gasteiger partial charge in [-0.25, -0.2) is 9.37 Å². The topological polar surface area (TPSA) is 115 Å². The minimum Gasteiger partial charge on any atom is -0.338 e. The molecule has 0 unspecified atom stereocenters. The SMILES string of the molecule is CC(C)[C@H](NC(=O)c1nc2ccccc2[nH]c1=O)C(=O)N1CCN(C(=O)c2ccc(C(F)(F)F)cc2F)C(C)(C)C1. The summed E-state index contributed by atoms with van der Waals surface area (Å²) in [5, 5.41) is 2.61. The van der Waals surface area contributed by atoms with Crippen molar-refractivity contribution in [2.24, 2.45) is 5.92 Å². The normalized spacial score (nSPS) is 16.1. The maximum atomic E-state index is 14.5. The van der Waals surface area contributed by atoms with Crippen LogP contribution < -0.4 is 10.9 Å². The first-order valence-electron chi connectivity index (χ1n) is 12.9. The van der Waals surface area contributed by atoms with Crippen molar-refractivity contribution in [1.29, 1.82) is 0 Å². The molecule has 1 aromatic heterocycles. The number of hydrogen-bond donors (Lipinski definition) is 2. The lowest BCUT2D eigenvalue weighted by Gasteiger charge is -2.48. The van der Waals surface area contributed by atoms with Gasteiger partial charge in [0, 0.05) is 19.6 Å². The van der Waals surface area contributed by atoms with E-state index in [1.165, 1.54) is 9.80 Å². The second-order valence-corrected chi connectivity index (χ2v) is 10.8. The summed E-state index contributed by atoms with van der Waals surface area (Å²) in [6.45, 7) is 6.75. The largest absolute Gasteiger partial charge is 0.416 e. The Morgan fingerprint density at radius 1 is 1.07 bits per heavy atom. The lowest BCUT2D eigenvalue weighted by atomic mass is 9.95. The third-order valence-electron chi connectivity index (χ3n) is 7.02. The zero-order valence-electron chi connectivity index (χ0n) is 22.8. The summed E-state index contributed by atoms with van der Waals surface area (Å²) in [6.07, 6.45) is -4.76.